The van der Waals surface area contributed by atoms with E-state index in [4.69, 9.17) is 0 Å². The summed E-state index contributed by atoms with van der Waals surface area (Å²) in [5.74, 6) is 0.145. The van der Waals surface area contributed by atoms with E-state index in [0.29, 0.717) is 4.90 Å². The molecule has 0 heterocycles. The summed E-state index contributed by atoms with van der Waals surface area (Å²) < 4.78 is 23.5. The second kappa shape index (κ2) is 7.27. The first-order chi connectivity index (χ1) is 10.0. The topological polar surface area (TPSA) is 49.4 Å². The number of sulfone groups is 1. The summed E-state index contributed by atoms with van der Waals surface area (Å²) in [6, 6.07) is 7.80. The fourth-order valence-electron chi connectivity index (χ4n) is 2.85. The van der Waals surface area contributed by atoms with E-state index in [2.05, 4.69) is 17.3 Å². The number of nitrogens with zero attached hydrogens (tertiary/aromatic N) is 1. The zero-order valence-corrected chi connectivity index (χ0v) is 13.8. The number of likely N-dealkylation sites (N-methyl/N-ethyl adjacent to an activating group) is 1. The van der Waals surface area contributed by atoms with Crippen LogP contribution in [0.4, 0.5) is 5.69 Å². The van der Waals surface area contributed by atoms with Crippen LogP contribution in [0.5, 0.6) is 0 Å². The summed E-state index contributed by atoms with van der Waals surface area (Å²) in [6.45, 7) is 3.56. The maximum Gasteiger partial charge on any atom is 0.178 e. The standard InChI is InChI=1S/C16H26N2O2S/c1-3-21(19,20)16-10-8-14(9-11-16)17-12-13-18(2)15-6-4-5-7-15/h8-11,15,17H,3-7,12-13H2,1-2H3. The van der Waals surface area contributed by atoms with Crippen molar-refractivity contribution in [1.82, 2.24) is 4.90 Å². The van der Waals surface area contributed by atoms with Crippen LogP contribution in [0.2, 0.25) is 0 Å². The van der Waals surface area contributed by atoms with Crippen molar-refractivity contribution in [3.05, 3.63) is 24.3 Å². The van der Waals surface area contributed by atoms with E-state index in [0.717, 1.165) is 24.8 Å². The Bertz CT molecular complexity index is 534. The van der Waals surface area contributed by atoms with Crippen molar-refractivity contribution in [3.8, 4) is 0 Å². The van der Waals surface area contributed by atoms with Crippen LogP contribution in [0.25, 0.3) is 0 Å². The Balaban J connectivity index is 1.81. The summed E-state index contributed by atoms with van der Waals surface area (Å²) in [4.78, 5) is 2.83. The monoisotopic (exact) mass is 310 g/mol. The number of rotatable bonds is 7. The van der Waals surface area contributed by atoms with Gasteiger partial charge in [-0.25, -0.2) is 8.42 Å². The molecule has 0 aliphatic heterocycles. The fraction of sp³-hybridized carbons (Fsp3) is 0.625. The van der Waals surface area contributed by atoms with Crippen molar-refractivity contribution in [2.24, 2.45) is 0 Å². The molecule has 1 N–H and O–H groups in total. The minimum Gasteiger partial charge on any atom is -0.384 e. The van der Waals surface area contributed by atoms with Crippen LogP contribution in [-0.4, -0.2) is 45.2 Å². The predicted octanol–water partition coefficient (Wildman–Crippen LogP) is 2.77. The molecule has 0 atom stereocenters. The molecule has 0 bridgehead atoms. The zero-order valence-electron chi connectivity index (χ0n) is 13.0. The van der Waals surface area contributed by atoms with E-state index in [1.165, 1.54) is 25.7 Å². The molecule has 0 saturated heterocycles. The lowest BCUT2D eigenvalue weighted by Gasteiger charge is -2.24. The first kappa shape index (κ1) is 16.3. The molecule has 0 aromatic heterocycles. The Kier molecular flexibility index (Phi) is 5.65. The lowest BCUT2D eigenvalue weighted by molar-refractivity contribution is 0.254. The van der Waals surface area contributed by atoms with Crippen LogP contribution in [0.1, 0.15) is 32.6 Å². The van der Waals surface area contributed by atoms with Gasteiger partial charge in [0.05, 0.1) is 10.6 Å². The molecule has 0 spiro atoms. The van der Waals surface area contributed by atoms with Crippen molar-refractivity contribution in [2.75, 3.05) is 31.2 Å². The van der Waals surface area contributed by atoms with E-state index < -0.39 is 9.84 Å². The predicted molar refractivity (Wildman–Crippen MR) is 87.5 cm³/mol. The number of hydrogen-bond acceptors (Lipinski definition) is 4. The van der Waals surface area contributed by atoms with Crippen LogP contribution in [0, 0.1) is 0 Å². The lowest BCUT2D eigenvalue weighted by Crippen LogP contribution is -2.33. The SMILES string of the molecule is CCS(=O)(=O)c1ccc(NCCN(C)C2CCCC2)cc1. The highest BCUT2D eigenvalue weighted by Gasteiger charge is 2.18. The molecular formula is C16H26N2O2S. The first-order valence-electron chi connectivity index (χ1n) is 7.80. The second-order valence-electron chi connectivity index (χ2n) is 5.77. The first-order valence-corrected chi connectivity index (χ1v) is 9.45. The summed E-state index contributed by atoms with van der Waals surface area (Å²) in [5.41, 5.74) is 0.977. The third-order valence-corrected chi connectivity index (χ3v) is 6.09. The average Bonchev–Trinajstić information content (AvgIpc) is 3.02. The smallest absolute Gasteiger partial charge is 0.178 e. The van der Waals surface area contributed by atoms with Gasteiger partial charge in [-0.15, -0.1) is 0 Å². The van der Waals surface area contributed by atoms with Crippen LogP contribution >= 0.6 is 0 Å². The fourth-order valence-corrected chi connectivity index (χ4v) is 3.74. The summed E-state index contributed by atoms with van der Waals surface area (Å²) in [5, 5.41) is 3.36. The molecule has 4 nitrogen and oxygen atoms in total. The molecule has 2 rings (SSSR count). The van der Waals surface area contributed by atoms with E-state index in [-0.39, 0.29) is 5.75 Å². The molecule has 1 aromatic rings. The average molecular weight is 310 g/mol. The number of nitrogens with one attached hydrogen (secondary N) is 1. The van der Waals surface area contributed by atoms with E-state index in [9.17, 15) is 8.42 Å². The van der Waals surface area contributed by atoms with Crippen molar-refractivity contribution < 1.29 is 8.42 Å². The lowest BCUT2D eigenvalue weighted by atomic mass is 10.2. The Morgan fingerprint density at radius 2 is 1.81 bits per heavy atom. The third kappa shape index (κ3) is 4.45. The number of benzene rings is 1. The van der Waals surface area contributed by atoms with E-state index in [1.54, 1.807) is 19.1 Å². The highest BCUT2D eigenvalue weighted by atomic mass is 32.2. The van der Waals surface area contributed by atoms with Crippen molar-refractivity contribution in [1.29, 1.82) is 0 Å². The zero-order chi connectivity index (χ0) is 15.3. The third-order valence-electron chi connectivity index (χ3n) is 4.34. The Labute approximate surface area is 128 Å². The van der Waals surface area contributed by atoms with Gasteiger partial charge >= 0.3 is 0 Å². The Morgan fingerprint density at radius 1 is 1.19 bits per heavy atom. The van der Waals surface area contributed by atoms with Gasteiger partial charge in [-0.2, -0.15) is 0 Å². The Hall–Kier alpha value is -1.07. The molecule has 21 heavy (non-hydrogen) atoms. The highest BCUT2D eigenvalue weighted by Crippen LogP contribution is 2.22. The number of anilines is 1. The van der Waals surface area contributed by atoms with Crippen LogP contribution in [0.15, 0.2) is 29.2 Å². The van der Waals surface area contributed by atoms with Crippen molar-refractivity contribution in [2.45, 2.75) is 43.5 Å². The highest BCUT2D eigenvalue weighted by molar-refractivity contribution is 7.91. The maximum absolute atomic E-state index is 11.7. The normalized spacial score (nSPS) is 16.5. The van der Waals surface area contributed by atoms with Crippen molar-refractivity contribution in [3.63, 3.8) is 0 Å². The van der Waals surface area contributed by atoms with Gasteiger partial charge in [0.15, 0.2) is 9.84 Å². The molecule has 5 heteroatoms. The second-order valence-corrected chi connectivity index (χ2v) is 8.05. The molecule has 0 amide bonds. The molecule has 1 fully saturated rings. The van der Waals surface area contributed by atoms with Gasteiger partial charge < -0.3 is 10.2 Å². The summed E-state index contributed by atoms with van der Waals surface area (Å²) in [6.07, 6.45) is 5.35. The Morgan fingerprint density at radius 3 is 2.38 bits per heavy atom. The van der Waals surface area contributed by atoms with Gasteiger partial charge in [-0.1, -0.05) is 19.8 Å². The molecule has 1 aliphatic rings. The largest absolute Gasteiger partial charge is 0.384 e. The van der Waals surface area contributed by atoms with Crippen LogP contribution in [0.3, 0.4) is 0 Å². The van der Waals surface area contributed by atoms with E-state index >= 15 is 0 Å². The molecule has 118 valence electrons. The molecule has 1 aromatic carbocycles. The van der Waals surface area contributed by atoms with Gasteiger partial charge in [-0.05, 0) is 44.2 Å². The maximum atomic E-state index is 11.7. The van der Waals surface area contributed by atoms with Gasteiger partial charge in [0.1, 0.15) is 0 Å². The quantitative estimate of drug-likeness (QED) is 0.841. The van der Waals surface area contributed by atoms with Gasteiger partial charge in [-0.3, -0.25) is 0 Å². The van der Waals surface area contributed by atoms with Gasteiger partial charge in [0.25, 0.3) is 0 Å². The van der Waals surface area contributed by atoms with Gasteiger partial charge in [0.2, 0.25) is 0 Å². The molecule has 1 aliphatic carbocycles. The minimum absolute atomic E-state index is 0.145. The van der Waals surface area contributed by atoms with Gasteiger partial charge in [0, 0.05) is 24.8 Å². The molecule has 0 radical (unpaired) electrons. The summed E-state index contributed by atoms with van der Waals surface area (Å²) in [7, 11) is -0.907. The minimum atomic E-state index is -3.10. The van der Waals surface area contributed by atoms with Crippen LogP contribution < -0.4 is 5.32 Å². The summed E-state index contributed by atoms with van der Waals surface area (Å²) >= 11 is 0. The van der Waals surface area contributed by atoms with Crippen molar-refractivity contribution >= 4 is 15.5 Å². The van der Waals surface area contributed by atoms with E-state index in [1.807, 2.05) is 12.1 Å². The number of hydrogen-bond donors (Lipinski definition) is 1. The molecule has 1 saturated carbocycles. The molecular weight excluding hydrogens is 284 g/mol. The van der Waals surface area contributed by atoms with Crippen LogP contribution in [-0.2, 0) is 9.84 Å². The molecule has 0 unspecified atom stereocenters.